The lowest BCUT2D eigenvalue weighted by Gasteiger charge is -2.26. The van der Waals surface area contributed by atoms with Crippen LogP contribution in [0, 0.1) is 0 Å². The second-order valence-corrected chi connectivity index (χ2v) is 5.87. The fourth-order valence-electron chi connectivity index (χ4n) is 3.12. The highest BCUT2D eigenvalue weighted by Crippen LogP contribution is 2.33. The van der Waals surface area contributed by atoms with Crippen LogP contribution in [0.25, 0.3) is 0 Å². The summed E-state index contributed by atoms with van der Waals surface area (Å²) in [5.74, 6) is 1.35. The largest absolute Gasteiger partial charge is 0.497 e. The van der Waals surface area contributed by atoms with Crippen LogP contribution in [0.1, 0.15) is 36.3 Å². The van der Waals surface area contributed by atoms with E-state index < -0.39 is 0 Å². The third-order valence-corrected chi connectivity index (χ3v) is 4.37. The van der Waals surface area contributed by atoms with E-state index in [1.54, 1.807) is 18.1 Å². The molecule has 0 aliphatic heterocycles. The van der Waals surface area contributed by atoms with Crippen molar-refractivity contribution in [2.45, 2.75) is 38.1 Å². The number of nitrogens with zero attached hydrogens (tertiary/aromatic N) is 3. The number of carbonyl (C=O) groups excluding carboxylic acids is 1. The Bertz CT molecular complexity index is 655. The van der Waals surface area contributed by atoms with Gasteiger partial charge < -0.3 is 10.1 Å². The lowest BCUT2D eigenvalue weighted by molar-refractivity contribution is -0.121. The molecule has 6 heteroatoms. The minimum atomic E-state index is 0.0566. The fraction of sp³-hybridized carbons (Fsp3) is 0.471. The van der Waals surface area contributed by atoms with E-state index in [1.165, 1.54) is 17.5 Å². The number of aryl methyl sites for hydroxylation is 2. The van der Waals surface area contributed by atoms with Crippen LogP contribution in [0.4, 0.5) is 0 Å². The zero-order chi connectivity index (χ0) is 16.1. The van der Waals surface area contributed by atoms with Gasteiger partial charge in [-0.25, -0.2) is 4.98 Å². The number of benzene rings is 1. The van der Waals surface area contributed by atoms with Crippen molar-refractivity contribution in [3.05, 3.63) is 42.0 Å². The van der Waals surface area contributed by atoms with Crippen LogP contribution < -0.4 is 10.1 Å². The summed E-state index contributed by atoms with van der Waals surface area (Å²) in [6.07, 6.45) is 6.88. The van der Waals surface area contributed by atoms with E-state index in [0.29, 0.717) is 25.4 Å². The molecule has 23 heavy (non-hydrogen) atoms. The Balaban J connectivity index is 1.54. The smallest absolute Gasteiger partial charge is 0.221 e. The molecule has 1 aliphatic rings. The maximum absolute atomic E-state index is 12.0. The van der Waals surface area contributed by atoms with Crippen LogP contribution in [0.15, 0.2) is 30.9 Å². The SMILES string of the molecule is COc1ccc2c(c1)CCC[C@H]2CNC(=O)CCn1cncn1. The van der Waals surface area contributed by atoms with E-state index in [2.05, 4.69) is 27.5 Å². The first-order valence-corrected chi connectivity index (χ1v) is 8.02. The Kier molecular flexibility index (Phi) is 4.90. The molecule has 6 nitrogen and oxygen atoms in total. The van der Waals surface area contributed by atoms with Crippen molar-refractivity contribution in [2.75, 3.05) is 13.7 Å². The lowest BCUT2D eigenvalue weighted by atomic mass is 9.82. The van der Waals surface area contributed by atoms with E-state index in [1.807, 2.05) is 6.07 Å². The molecule has 122 valence electrons. The maximum Gasteiger partial charge on any atom is 0.221 e. The minimum absolute atomic E-state index is 0.0566. The second-order valence-electron chi connectivity index (χ2n) is 5.87. The Morgan fingerprint density at radius 2 is 2.39 bits per heavy atom. The average Bonchev–Trinajstić information content (AvgIpc) is 3.11. The molecular formula is C17H22N4O2. The van der Waals surface area contributed by atoms with Gasteiger partial charge in [-0.15, -0.1) is 0 Å². The van der Waals surface area contributed by atoms with Gasteiger partial charge in [0.2, 0.25) is 5.91 Å². The number of fused-ring (bicyclic) bond motifs is 1. The van der Waals surface area contributed by atoms with Crippen LogP contribution in [0.2, 0.25) is 0 Å². The van der Waals surface area contributed by atoms with E-state index in [9.17, 15) is 4.79 Å². The summed E-state index contributed by atoms with van der Waals surface area (Å²) in [7, 11) is 1.69. The molecule has 0 radical (unpaired) electrons. The first-order chi connectivity index (χ1) is 11.3. The van der Waals surface area contributed by atoms with E-state index >= 15 is 0 Å². The third kappa shape index (κ3) is 3.88. The predicted octanol–water partition coefficient (Wildman–Crippen LogP) is 1.91. The summed E-state index contributed by atoms with van der Waals surface area (Å²) in [5.41, 5.74) is 2.69. The van der Waals surface area contributed by atoms with Crippen LogP contribution >= 0.6 is 0 Å². The highest BCUT2D eigenvalue weighted by Gasteiger charge is 2.21. The molecule has 0 fully saturated rings. The number of ether oxygens (including phenoxy) is 1. The first kappa shape index (κ1) is 15.5. The van der Waals surface area contributed by atoms with Gasteiger partial charge in [0.15, 0.2) is 0 Å². The van der Waals surface area contributed by atoms with E-state index in [-0.39, 0.29) is 5.91 Å². The summed E-state index contributed by atoms with van der Waals surface area (Å²) in [6.45, 7) is 1.25. The van der Waals surface area contributed by atoms with Gasteiger partial charge in [0, 0.05) is 18.9 Å². The first-order valence-electron chi connectivity index (χ1n) is 8.02. The zero-order valence-corrected chi connectivity index (χ0v) is 13.4. The normalized spacial score (nSPS) is 16.7. The van der Waals surface area contributed by atoms with Gasteiger partial charge in [0.25, 0.3) is 0 Å². The van der Waals surface area contributed by atoms with Gasteiger partial charge in [0.05, 0.1) is 13.7 Å². The van der Waals surface area contributed by atoms with Gasteiger partial charge in [0.1, 0.15) is 18.4 Å². The molecule has 1 heterocycles. The van der Waals surface area contributed by atoms with Crippen LogP contribution in [0.3, 0.4) is 0 Å². The van der Waals surface area contributed by atoms with Crippen molar-refractivity contribution < 1.29 is 9.53 Å². The van der Waals surface area contributed by atoms with Gasteiger partial charge in [-0.05, 0) is 42.5 Å². The second kappa shape index (κ2) is 7.26. The number of hydrogen-bond donors (Lipinski definition) is 1. The molecule has 0 unspecified atom stereocenters. The van der Waals surface area contributed by atoms with Crippen molar-refractivity contribution in [3.63, 3.8) is 0 Å². The lowest BCUT2D eigenvalue weighted by Crippen LogP contribution is -2.30. The van der Waals surface area contributed by atoms with Crippen molar-refractivity contribution in [1.82, 2.24) is 20.1 Å². The molecular weight excluding hydrogens is 292 g/mol. The van der Waals surface area contributed by atoms with Crippen LogP contribution in [-0.2, 0) is 17.8 Å². The standard InChI is InChI=1S/C17H22N4O2/c1-23-15-5-6-16-13(9-15)3-2-4-14(16)10-19-17(22)7-8-21-12-18-11-20-21/h5-6,9,11-12,14H,2-4,7-8,10H2,1H3,(H,19,22)/t14-/m0/s1. The van der Waals surface area contributed by atoms with Crippen molar-refractivity contribution in [3.8, 4) is 5.75 Å². The molecule has 1 atom stereocenters. The number of aromatic nitrogens is 3. The Morgan fingerprint density at radius 1 is 1.48 bits per heavy atom. The zero-order valence-electron chi connectivity index (χ0n) is 13.4. The third-order valence-electron chi connectivity index (χ3n) is 4.37. The molecule has 1 aromatic carbocycles. The topological polar surface area (TPSA) is 69.0 Å². The molecule has 0 bridgehead atoms. The molecule has 1 aromatic heterocycles. The van der Waals surface area contributed by atoms with Crippen molar-refractivity contribution in [1.29, 1.82) is 0 Å². The molecule has 0 saturated heterocycles. The summed E-state index contributed by atoms with van der Waals surface area (Å²) < 4.78 is 6.97. The molecule has 3 rings (SSSR count). The molecule has 1 N–H and O–H groups in total. The van der Waals surface area contributed by atoms with Gasteiger partial charge in [-0.1, -0.05) is 6.07 Å². The summed E-state index contributed by atoms with van der Waals surface area (Å²) in [6, 6.07) is 6.26. The fourth-order valence-corrected chi connectivity index (χ4v) is 3.12. The monoisotopic (exact) mass is 314 g/mol. The van der Waals surface area contributed by atoms with E-state index in [4.69, 9.17) is 4.74 Å². The van der Waals surface area contributed by atoms with Gasteiger partial charge in [-0.3, -0.25) is 9.48 Å². The highest BCUT2D eigenvalue weighted by molar-refractivity contribution is 5.75. The summed E-state index contributed by atoms with van der Waals surface area (Å²) in [5, 5.41) is 7.05. The highest BCUT2D eigenvalue weighted by atomic mass is 16.5. The van der Waals surface area contributed by atoms with Crippen molar-refractivity contribution in [2.24, 2.45) is 0 Å². The van der Waals surface area contributed by atoms with Crippen LogP contribution in [0.5, 0.6) is 5.75 Å². The Morgan fingerprint density at radius 3 is 3.17 bits per heavy atom. The molecule has 0 spiro atoms. The number of hydrogen-bond acceptors (Lipinski definition) is 4. The molecule has 1 amide bonds. The predicted molar refractivity (Wildman–Crippen MR) is 86.3 cm³/mol. The molecule has 2 aromatic rings. The number of methoxy groups -OCH3 is 1. The van der Waals surface area contributed by atoms with Gasteiger partial charge in [-0.2, -0.15) is 5.10 Å². The van der Waals surface area contributed by atoms with Crippen LogP contribution in [-0.4, -0.2) is 34.3 Å². The number of rotatable bonds is 6. The molecule has 1 aliphatic carbocycles. The van der Waals surface area contributed by atoms with Gasteiger partial charge >= 0.3 is 0 Å². The Hall–Kier alpha value is -2.37. The minimum Gasteiger partial charge on any atom is -0.497 e. The summed E-state index contributed by atoms with van der Waals surface area (Å²) in [4.78, 5) is 15.9. The number of amides is 1. The van der Waals surface area contributed by atoms with E-state index in [0.717, 1.165) is 25.0 Å². The number of nitrogens with one attached hydrogen (secondary N) is 1. The Labute approximate surface area is 135 Å². The molecule has 0 saturated carbocycles. The van der Waals surface area contributed by atoms with Crippen molar-refractivity contribution >= 4 is 5.91 Å². The maximum atomic E-state index is 12.0. The summed E-state index contributed by atoms with van der Waals surface area (Å²) >= 11 is 0. The quantitative estimate of drug-likeness (QED) is 0.884. The number of carbonyl (C=O) groups is 1. The average molecular weight is 314 g/mol.